The van der Waals surface area contributed by atoms with E-state index in [0.29, 0.717) is 11.6 Å². The SMILES string of the molecule is COC1CN([C@@H]2CCN(C(C)(C)C)C2)C1. The molecule has 0 radical (unpaired) electrons. The second-order valence-corrected chi connectivity index (χ2v) is 5.87. The zero-order valence-electron chi connectivity index (χ0n) is 10.5. The third-order valence-corrected chi connectivity index (χ3v) is 3.84. The Balaban J connectivity index is 1.79. The molecule has 2 aliphatic heterocycles. The van der Waals surface area contributed by atoms with Crippen LogP contribution in [0.15, 0.2) is 0 Å². The molecular formula is C12H24N2O. The van der Waals surface area contributed by atoms with Gasteiger partial charge in [0.1, 0.15) is 0 Å². The van der Waals surface area contributed by atoms with E-state index < -0.39 is 0 Å². The van der Waals surface area contributed by atoms with Crippen molar-refractivity contribution in [3.63, 3.8) is 0 Å². The lowest BCUT2D eigenvalue weighted by Gasteiger charge is -2.42. The third kappa shape index (κ3) is 2.35. The van der Waals surface area contributed by atoms with Crippen molar-refractivity contribution in [2.45, 2.75) is 44.9 Å². The fourth-order valence-corrected chi connectivity index (χ4v) is 2.57. The number of ether oxygens (including phenoxy) is 1. The zero-order valence-corrected chi connectivity index (χ0v) is 10.5. The second-order valence-electron chi connectivity index (χ2n) is 5.87. The van der Waals surface area contributed by atoms with Crippen molar-refractivity contribution in [1.82, 2.24) is 9.80 Å². The van der Waals surface area contributed by atoms with Gasteiger partial charge < -0.3 is 4.74 Å². The molecule has 88 valence electrons. The normalized spacial score (nSPS) is 30.8. The van der Waals surface area contributed by atoms with Crippen LogP contribution in [0.25, 0.3) is 0 Å². The molecule has 3 nitrogen and oxygen atoms in total. The van der Waals surface area contributed by atoms with Gasteiger partial charge in [-0.25, -0.2) is 0 Å². The van der Waals surface area contributed by atoms with Gasteiger partial charge in [-0.3, -0.25) is 9.80 Å². The van der Waals surface area contributed by atoms with Gasteiger partial charge in [-0.1, -0.05) is 0 Å². The molecule has 1 atom stereocenters. The molecule has 0 bridgehead atoms. The van der Waals surface area contributed by atoms with Crippen LogP contribution in [0.3, 0.4) is 0 Å². The van der Waals surface area contributed by atoms with Gasteiger partial charge in [0.2, 0.25) is 0 Å². The van der Waals surface area contributed by atoms with Crippen LogP contribution in [-0.2, 0) is 4.74 Å². The summed E-state index contributed by atoms with van der Waals surface area (Å²) in [5, 5.41) is 0. The van der Waals surface area contributed by atoms with Crippen molar-refractivity contribution in [2.24, 2.45) is 0 Å². The Morgan fingerprint density at radius 3 is 2.27 bits per heavy atom. The molecule has 2 rings (SSSR count). The van der Waals surface area contributed by atoms with Crippen molar-refractivity contribution in [3.8, 4) is 0 Å². The largest absolute Gasteiger partial charge is 0.379 e. The highest BCUT2D eigenvalue weighted by atomic mass is 16.5. The minimum absolute atomic E-state index is 0.334. The van der Waals surface area contributed by atoms with E-state index in [4.69, 9.17) is 4.74 Å². The van der Waals surface area contributed by atoms with Gasteiger partial charge in [0, 0.05) is 44.9 Å². The van der Waals surface area contributed by atoms with E-state index in [-0.39, 0.29) is 0 Å². The van der Waals surface area contributed by atoms with Gasteiger partial charge in [-0.15, -0.1) is 0 Å². The molecule has 0 spiro atoms. The lowest BCUT2D eigenvalue weighted by atomic mass is 10.1. The first-order chi connectivity index (χ1) is 7.00. The summed E-state index contributed by atoms with van der Waals surface area (Å²) in [6, 6.07) is 0.774. The molecular weight excluding hydrogens is 188 g/mol. The lowest BCUT2D eigenvalue weighted by Crippen LogP contribution is -2.57. The number of likely N-dealkylation sites (tertiary alicyclic amines) is 2. The monoisotopic (exact) mass is 212 g/mol. The summed E-state index contributed by atoms with van der Waals surface area (Å²) >= 11 is 0. The molecule has 2 fully saturated rings. The molecule has 0 unspecified atom stereocenters. The van der Waals surface area contributed by atoms with Gasteiger partial charge in [0.25, 0.3) is 0 Å². The number of methoxy groups -OCH3 is 1. The minimum Gasteiger partial charge on any atom is -0.379 e. The molecule has 0 aromatic rings. The summed E-state index contributed by atoms with van der Waals surface area (Å²) in [5.41, 5.74) is 0.334. The van der Waals surface area contributed by atoms with E-state index in [2.05, 4.69) is 30.6 Å². The number of hydrogen-bond acceptors (Lipinski definition) is 3. The van der Waals surface area contributed by atoms with Crippen molar-refractivity contribution in [3.05, 3.63) is 0 Å². The molecule has 0 aliphatic carbocycles. The van der Waals surface area contributed by atoms with Crippen LogP contribution in [0.4, 0.5) is 0 Å². The van der Waals surface area contributed by atoms with E-state index in [1.54, 1.807) is 0 Å². The van der Waals surface area contributed by atoms with Crippen molar-refractivity contribution >= 4 is 0 Å². The molecule has 15 heavy (non-hydrogen) atoms. The quantitative estimate of drug-likeness (QED) is 0.684. The molecule has 0 aromatic carbocycles. The Morgan fingerprint density at radius 1 is 1.13 bits per heavy atom. The third-order valence-electron chi connectivity index (χ3n) is 3.84. The van der Waals surface area contributed by atoms with Crippen LogP contribution in [0, 0.1) is 0 Å². The average Bonchev–Trinajstić information content (AvgIpc) is 2.50. The van der Waals surface area contributed by atoms with Crippen LogP contribution in [0.1, 0.15) is 27.2 Å². The minimum atomic E-state index is 0.334. The van der Waals surface area contributed by atoms with Gasteiger partial charge in [0.05, 0.1) is 6.10 Å². The smallest absolute Gasteiger partial charge is 0.0825 e. The lowest BCUT2D eigenvalue weighted by molar-refractivity contribution is -0.0496. The van der Waals surface area contributed by atoms with Gasteiger partial charge >= 0.3 is 0 Å². The Kier molecular flexibility index (Phi) is 3.06. The Hall–Kier alpha value is -0.120. The Bertz CT molecular complexity index is 218. The topological polar surface area (TPSA) is 15.7 Å². The van der Waals surface area contributed by atoms with Crippen molar-refractivity contribution in [2.75, 3.05) is 33.3 Å². The zero-order chi connectivity index (χ0) is 11.1. The first kappa shape index (κ1) is 11.4. The highest BCUT2D eigenvalue weighted by molar-refractivity contribution is 4.94. The molecule has 2 heterocycles. The summed E-state index contributed by atoms with van der Waals surface area (Å²) in [4.78, 5) is 5.16. The highest BCUT2D eigenvalue weighted by Gasteiger charge is 2.38. The van der Waals surface area contributed by atoms with Crippen LogP contribution < -0.4 is 0 Å². The summed E-state index contributed by atoms with van der Waals surface area (Å²) in [7, 11) is 1.82. The first-order valence-corrected chi connectivity index (χ1v) is 6.02. The van der Waals surface area contributed by atoms with E-state index in [1.165, 1.54) is 19.5 Å². The van der Waals surface area contributed by atoms with E-state index in [9.17, 15) is 0 Å². The predicted octanol–water partition coefficient (Wildman–Crippen LogP) is 1.19. The molecule has 0 N–H and O–H groups in total. The first-order valence-electron chi connectivity index (χ1n) is 6.02. The fourth-order valence-electron chi connectivity index (χ4n) is 2.57. The molecule has 0 aromatic heterocycles. The second kappa shape index (κ2) is 4.04. The van der Waals surface area contributed by atoms with E-state index in [1.807, 2.05) is 7.11 Å². The molecule has 2 saturated heterocycles. The van der Waals surface area contributed by atoms with Crippen molar-refractivity contribution < 1.29 is 4.74 Å². The maximum absolute atomic E-state index is 5.31. The predicted molar refractivity (Wildman–Crippen MR) is 62.1 cm³/mol. The molecule has 3 heteroatoms. The van der Waals surface area contributed by atoms with Crippen LogP contribution in [0.5, 0.6) is 0 Å². The summed E-state index contributed by atoms with van der Waals surface area (Å²) in [6.45, 7) is 11.7. The Morgan fingerprint density at radius 2 is 1.80 bits per heavy atom. The number of rotatable bonds is 2. The summed E-state index contributed by atoms with van der Waals surface area (Å²) < 4.78 is 5.31. The summed E-state index contributed by atoms with van der Waals surface area (Å²) in [6.07, 6.45) is 1.82. The Labute approximate surface area is 93.4 Å². The molecule has 0 saturated carbocycles. The van der Waals surface area contributed by atoms with Crippen LogP contribution in [-0.4, -0.2) is 60.8 Å². The number of nitrogens with zero attached hydrogens (tertiary/aromatic N) is 2. The van der Waals surface area contributed by atoms with Gasteiger partial charge in [-0.05, 0) is 27.2 Å². The summed E-state index contributed by atoms with van der Waals surface area (Å²) in [5.74, 6) is 0. The van der Waals surface area contributed by atoms with Gasteiger partial charge in [-0.2, -0.15) is 0 Å². The van der Waals surface area contributed by atoms with Gasteiger partial charge in [0.15, 0.2) is 0 Å². The van der Waals surface area contributed by atoms with Crippen LogP contribution in [0.2, 0.25) is 0 Å². The maximum atomic E-state index is 5.31. The fraction of sp³-hybridized carbons (Fsp3) is 1.00. The van der Waals surface area contributed by atoms with E-state index >= 15 is 0 Å². The molecule has 0 amide bonds. The maximum Gasteiger partial charge on any atom is 0.0825 e. The number of hydrogen-bond donors (Lipinski definition) is 0. The standard InChI is InChI=1S/C12H24N2O/c1-12(2,3)14-6-5-10(7-14)13-8-11(9-13)15-4/h10-11H,5-9H2,1-4H3/t10-/m1/s1. The van der Waals surface area contributed by atoms with Crippen LogP contribution >= 0.6 is 0 Å². The average molecular weight is 212 g/mol. The van der Waals surface area contributed by atoms with E-state index in [0.717, 1.165) is 19.1 Å². The highest BCUT2D eigenvalue weighted by Crippen LogP contribution is 2.26. The van der Waals surface area contributed by atoms with Crippen molar-refractivity contribution in [1.29, 1.82) is 0 Å². The molecule has 2 aliphatic rings.